The number of H-pyrrole nitrogens is 1. The second-order valence-corrected chi connectivity index (χ2v) is 9.76. The number of nitriles is 1. The minimum atomic E-state index is -2.43. The van der Waals surface area contributed by atoms with Crippen molar-refractivity contribution in [3.05, 3.63) is 57.8 Å². The first-order valence-corrected chi connectivity index (χ1v) is 12.7. The number of hydrogen-bond donors (Lipinski definition) is 2. The third-order valence-electron chi connectivity index (χ3n) is 7.31. The van der Waals surface area contributed by atoms with Crippen LogP contribution in [-0.2, 0) is 11.3 Å². The number of aromatic nitrogens is 2. The van der Waals surface area contributed by atoms with Crippen molar-refractivity contribution in [2.75, 3.05) is 33.7 Å². The van der Waals surface area contributed by atoms with Gasteiger partial charge in [-0.2, -0.15) is 5.26 Å². The van der Waals surface area contributed by atoms with Crippen LogP contribution in [0.5, 0.6) is 0 Å². The highest BCUT2D eigenvalue weighted by atomic mass is 19.3. The molecule has 1 saturated heterocycles. The highest BCUT2D eigenvalue weighted by molar-refractivity contribution is 5.81. The number of carbonyl (C=O) groups excluding carboxylic acids is 1. The fourth-order valence-electron chi connectivity index (χ4n) is 4.85. The van der Waals surface area contributed by atoms with Gasteiger partial charge >= 0.3 is 0 Å². The number of likely N-dealkylation sites (N-methyl/N-ethyl adjacent to an activating group) is 1. The van der Waals surface area contributed by atoms with E-state index in [0.717, 1.165) is 12.8 Å². The summed E-state index contributed by atoms with van der Waals surface area (Å²) in [5.74, 6) is -1.26. The van der Waals surface area contributed by atoms with Crippen LogP contribution in [0, 0.1) is 30.0 Å². The van der Waals surface area contributed by atoms with Crippen LogP contribution in [0.1, 0.15) is 30.9 Å². The first-order valence-electron chi connectivity index (χ1n) is 12.7. The average Bonchev–Trinajstić information content (AvgIpc) is 3.26. The van der Waals surface area contributed by atoms with Crippen molar-refractivity contribution in [2.45, 2.75) is 51.7 Å². The van der Waals surface area contributed by atoms with Gasteiger partial charge in [0.2, 0.25) is 5.91 Å². The van der Waals surface area contributed by atoms with E-state index in [2.05, 4.69) is 10.4 Å². The number of benzene rings is 1. The average molecular weight is 533 g/mol. The Bertz CT molecular complexity index is 1250. The fourth-order valence-corrected chi connectivity index (χ4v) is 4.85. The van der Waals surface area contributed by atoms with Crippen molar-refractivity contribution < 1.29 is 18.0 Å². The molecule has 0 aliphatic carbocycles. The highest BCUT2D eigenvalue weighted by Crippen LogP contribution is 2.24. The first kappa shape index (κ1) is 29.2. The second-order valence-electron chi connectivity index (χ2n) is 9.76. The maximum atomic E-state index is 14.4. The summed E-state index contributed by atoms with van der Waals surface area (Å²) in [5.41, 5.74) is 0.462. The topological polar surface area (TPSA) is 97.2 Å². The molecule has 38 heavy (non-hydrogen) atoms. The van der Waals surface area contributed by atoms with Gasteiger partial charge in [0.25, 0.3) is 12.0 Å². The van der Waals surface area contributed by atoms with E-state index >= 15 is 0 Å². The van der Waals surface area contributed by atoms with Gasteiger partial charge in [0.05, 0.1) is 30.1 Å². The van der Waals surface area contributed by atoms with Gasteiger partial charge < -0.3 is 15.3 Å². The summed E-state index contributed by atoms with van der Waals surface area (Å²) in [6.07, 6.45) is 4.06. The molecule has 0 spiro atoms. The van der Waals surface area contributed by atoms with Crippen molar-refractivity contribution in [3.8, 4) is 17.2 Å². The Morgan fingerprint density at radius 3 is 2.76 bits per heavy atom. The summed E-state index contributed by atoms with van der Waals surface area (Å²) in [5, 5.41) is 15.0. The molecule has 2 N–H and O–H groups in total. The van der Waals surface area contributed by atoms with Gasteiger partial charge in [-0.25, -0.2) is 17.9 Å². The zero-order valence-corrected chi connectivity index (χ0v) is 22.2. The standard InChI is InChI=1S/C27H35F3N6O2/c1-17-21(10-9-19(13-31)25(17)30)23-14-33-36(27(23)38)12-6-8-22(18(2)32-3)26(37)35-11-5-7-20(15-35)34(4)16-24(28)29/h6,8-10,14,18,20,22,24,32-33H,5,7,11-12,15-16H2,1-4H3/b8-6-/t18?,20-,22?/m1/s1. The summed E-state index contributed by atoms with van der Waals surface area (Å²) < 4.78 is 41.5. The molecule has 206 valence electrons. The number of alkyl halides is 2. The van der Waals surface area contributed by atoms with Crippen molar-refractivity contribution in [3.63, 3.8) is 0 Å². The fraction of sp³-hybridized carbons (Fsp3) is 0.519. The van der Waals surface area contributed by atoms with E-state index in [1.807, 2.05) is 6.92 Å². The quantitative estimate of drug-likeness (QED) is 0.459. The maximum absolute atomic E-state index is 14.4. The third-order valence-corrected chi connectivity index (χ3v) is 7.31. The number of nitrogens with one attached hydrogen (secondary N) is 2. The lowest BCUT2D eigenvalue weighted by Gasteiger charge is -2.39. The predicted octanol–water partition coefficient (Wildman–Crippen LogP) is 3.13. The van der Waals surface area contributed by atoms with E-state index in [1.165, 1.54) is 23.9 Å². The van der Waals surface area contributed by atoms with Crippen LogP contribution in [0.25, 0.3) is 11.1 Å². The molecule has 1 aliphatic rings. The van der Waals surface area contributed by atoms with Crippen molar-refractivity contribution in [1.29, 1.82) is 5.26 Å². The summed E-state index contributed by atoms with van der Waals surface area (Å²) in [7, 11) is 3.42. The lowest BCUT2D eigenvalue weighted by atomic mass is 9.96. The van der Waals surface area contributed by atoms with Crippen LogP contribution in [0.15, 0.2) is 35.3 Å². The number of piperidine rings is 1. The SMILES string of the molecule is CNC(C)C(/C=C\Cn1[nH]cc(-c2ccc(C#N)c(F)c2C)c1=O)C(=O)N1CCC[C@@H](N(C)CC(F)F)C1. The van der Waals surface area contributed by atoms with Crippen molar-refractivity contribution in [2.24, 2.45) is 5.92 Å². The molecule has 1 aromatic heterocycles. The lowest BCUT2D eigenvalue weighted by Crippen LogP contribution is -2.52. The summed E-state index contributed by atoms with van der Waals surface area (Å²) >= 11 is 0. The molecule has 3 atom stereocenters. The Morgan fingerprint density at radius 1 is 1.37 bits per heavy atom. The number of rotatable bonds is 10. The predicted molar refractivity (Wildman–Crippen MR) is 139 cm³/mol. The number of likely N-dealkylation sites (tertiary alicyclic amines) is 1. The molecule has 1 fully saturated rings. The van der Waals surface area contributed by atoms with E-state index in [-0.39, 0.29) is 53.3 Å². The molecule has 1 aromatic carbocycles. The summed E-state index contributed by atoms with van der Waals surface area (Å²) in [6.45, 7) is 4.20. The Kier molecular flexibility index (Phi) is 9.94. The molecule has 8 nitrogen and oxygen atoms in total. The number of aromatic amines is 1. The van der Waals surface area contributed by atoms with E-state index in [0.29, 0.717) is 18.7 Å². The van der Waals surface area contributed by atoms with E-state index in [1.54, 1.807) is 48.2 Å². The van der Waals surface area contributed by atoms with Gasteiger partial charge in [-0.1, -0.05) is 18.2 Å². The second kappa shape index (κ2) is 12.9. The highest BCUT2D eigenvalue weighted by Gasteiger charge is 2.32. The molecule has 1 aliphatic heterocycles. The minimum absolute atomic E-state index is 0.0832. The molecule has 1 amide bonds. The van der Waals surface area contributed by atoms with Gasteiger partial charge in [-0.3, -0.25) is 14.5 Å². The van der Waals surface area contributed by atoms with Crippen molar-refractivity contribution in [1.82, 2.24) is 24.9 Å². The van der Waals surface area contributed by atoms with E-state index in [9.17, 15) is 22.8 Å². The number of hydrogen-bond acceptors (Lipinski definition) is 5. The monoisotopic (exact) mass is 532 g/mol. The molecule has 0 radical (unpaired) electrons. The number of carbonyl (C=O) groups is 1. The molecular weight excluding hydrogens is 497 g/mol. The van der Waals surface area contributed by atoms with E-state index < -0.39 is 18.2 Å². The van der Waals surface area contributed by atoms with Crippen LogP contribution >= 0.6 is 0 Å². The van der Waals surface area contributed by atoms with Gasteiger partial charge in [0, 0.05) is 31.4 Å². The van der Waals surface area contributed by atoms with Crippen LogP contribution in [-0.4, -0.2) is 77.7 Å². The largest absolute Gasteiger partial charge is 0.341 e. The zero-order valence-electron chi connectivity index (χ0n) is 22.2. The molecule has 0 bridgehead atoms. The zero-order chi connectivity index (χ0) is 28.0. The molecule has 3 rings (SSSR count). The molecule has 2 unspecified atom stereocenters. The summed E-state index contributed by atoms with van der Waals surface area (Å²) in [6, 6.07) is 4.37. The summed E-state index contributed by atoms with van der Waals surface area (Å²) in [4.78, 5) is 29.8. The van der Waals surface area contributed by atoms with Gasteiger partial charge in [-0.15, -0.1) is 0 Å². The Morgan fingerprint density at radius 2 is 2.11 bits per heavy atom. The number of nitrogens with zero attached hydrogens (tertiary/aromatic N) is 4. The Balaban J connectivity index is 1.74. The molecular formula is C27H35F3N6O2. The van der Waals surface area contributed by atoms with Crippen LogP contribution in [0.4, 0.5) is 13.2 Å². The molecule has 0 saturated carbocycles. The number of allylic oxidation sites excluding steroid dienone is 1. The minimum Gasteiger partial charge on any atom is -0.341 e. The van der Waals surface area contributed by atoms with Gasteiger partial charge in [0.1, 0.15) is 11.9 Å². The van der Waals surface area contributed by atoms with Crippen LogP contribution < -0.4 is 10.9 Å². The number of amides is 1. The van der Waals surface area contributed by atoms with Crippen LogP contribution in [0.3, 0.4) is 0 Å². The van der Waals surface area contributed by atoms with Gasteiger partial charge in [0.15, 0.2) is 0 Å². The lowest BCUT2D eigenvalue weighted by molar-refractivity contribution is -0.136. The number of halogens is 3. The van der Waals surface area contributed by atoms with Crippen molar-refractivity contribution >= 4 is 5.91 Å². The Labute approximate surface area is 220 Å². The molecule has 11 heteroatoms. The third kappa shape index (κ3) is 6.55. The molecule has 2 aromatic rings. The molecule has 2 heterocycles. The smallest absolute Gasteiger partial charge is 0.274 e. The van der Waals surface area contributed by atoms with Gasteiger partial charge in [-0.05, 0) is 58.0 Å². The van der Waals surface area contributed by atoms with Crippen LogP contribution in [0.2, 0.25) is 0 Å². The first-order chi connectivity index (χ1) is 18.1. The normalized spacial score (nSPS) is 17.8. The Hall–Kier alpha value is -3.36. The van der Waals surface area contributed by atoms with E-state index in [4.69, 9.17) is 5.26 Å². The maximum Gasteiger partial charge on any atom is 0.274 e.